The van der Waals surface area contributed by atoms with E-state index >= 15 is 0 Å². The maximum Gasteiger partial charge on any atom is 0.128 e. The minimum Gasteiger partial charge on any atom is -0.507 e. The average molecular weight is 271 g/mol. The number of hydrogen-bond donors (Lipinski definition) is 2. The van der Waals surface area contributed by atoms with Crippen molar-refractivity contribution in [1.82, 2.24) is 5.32 Å². The number of nitrogens with one attached hydrogen (secondary N) is 1. The SMILES string of the molecule is CCC(NC(C)c1ccc2ccccc2c1O)C(C)C. The van der Waals surface area contributed by atoms with Crippen molar-refractivity contribution in [2.45, 2.75) is 46.2 Å². The second-order valence-electron chi connectivity index (χ2n) is 5.87. The zero-order valence-corrected chi connectivity index (χ0v) is 12.9. The third-order valence-corrected chi connectivity index (χ3v) is 4.11. The molecule has 0 aliphatic carbocycles. The fourth-order valence-corrected chi connectivity index (χ4v) is 2.81. The van der Waals surface area contributed by atoms with Crippen molar-refractivity contribution in [2.24, 2.45) is 5.92 Å². The van der Waals surface area contributed by atoms with Crippen LogP contribution < -0.4 is 5.32 Å². The molecule has 2 aromatic carbocycles. The van der Waals surface area contributed by atoms with Gasteiger partial charge in [0.15, 0.2) is 0 Å². The number of fused-ring (bicyclic) bond motifs is 1. The molecule has 2 heteroatoms. The first-order chi connectivity index (χ1) is 9.54. The molecule has 2 unspecified atom stereocenters. The number of hydrogen-bond acceptors (Lipinski definition) is 2. The standard InChI is InChI=1S/C18H25NO/c1-5-17(12(2)3)19-13(4)15-11-10-14-8-6-7-9-16(14)18(15)20/h6-13,17,19-20H,5H2,1-4H3. The topological polar surface area (TPSA) is 32.3 Å². The summed E-state index contributed by atoms with van der Waals surface area (Å²) in [6.07, 6.45) is 1.09. The van der Waals surface area contributed by atoms with Crippen LogP contribution in [0.4, 0.5) is 0 Å². The number of aromatic hydroxyl groups is 1. The molecule has 0 amide bonds. The van der Waals surface area contributed by atoms with Gasteiger partial charge in [-0.15, -0.1) is 0 Å². The number of rotatable bonds is 5. The van der Waals surface area contributed by atoms with E-state index in [9.17, 15) is 5.11 Å². The first-order valence-corrected chi connectivity index (χ1v) is 7.51. The van der Waals surface area contributed by atoms with E-state index in [1.807, 2.05) is 30.3 Å². The van der Waals surface area contributed by atoms with Crippen LogP contribution in [0.3, 0.4) is 0 Å². The fraction of sp³-hybridized carbons (Fsp3) is 0.444. The second kappa shape index (κ2) is 6.27. The molecule has 0 bridgehead atoms. The highest BCUT2D eigenvalue weighted by Gasteiger charge is 2.18. The van der Waals surface area contributed by atoms with Crippen molar-refractivity contribution in [1.29, 1.82) is 0 Å². The molecule has 20 heavy (non-hydrogen) atoms. The molecule has 2 N–H and O–H groups in total. The van der Waals surface area contributed by atoms with Crippen LogP contribution >= 0.6 is 0 Å². The van der Waals surface area contributed by atoms with Crippen LogP contribution in [-0.4, -0.2) is 11.1 Å². The molecule has 0 saturated carbocycles. The lowest BCUT2D eigenvalue weighted by atomic mass is 9.97. The second-order valence-corrected chi connectivity index (χ2v) is 5.87. The summed E-state index contributed by atoms with van der Waals surface area (Å²) in [6.45, 7) is 8.78. The van der Waals surface area contributed by atoms with Crippen molar-refractivity contribution in [2.75, 3.05) is 0 Å². The van der Waals surface area contributed by atoms with E-state index in [4.69, 9.17) is 0 Å². The molecule has 2 atom stereocenters. The molecule has 2 nitrogen and oxygen atoms in total. The van der Waals surface area contributed by atoms with Gasteiger partial charge in [0.25, 0.3) is 0 Å². The van der Waals surface area contributed by atoms with Crippen LogP contribution in [0, 0.1) is 5.92 Å². The van der Waals surface area contributed by atoms with Gasteiger partial charge in [-0.1, -0.05) is 57.2 Å². The monoisotopic (exact) mass is 271 g/mol. The van der Waals surface area contributed by atoms with Gasteiger partial charge >= 0.3 is 0 Å². The summed E-state index contributed by atoms with van der Waals surface area (Å²) in [5.41, 5.74) is 0.975. The Balaban J connectivity index is 2.30. The minimum absolute atomic E-state index is 0.145. The predicted molar refractivity (Wildman–Crippen MR) is 86.1 cm³/mol. The highest BCUT2D eigenvalue weighted by atomic mass is 16.3. The maximum atomic E-state index is 10.5. The molecule has 0 radical (unpaired) electrons. The van der Waals surface area contributed by atoms with E-state index in [0.29, 0.717) is 17.7 Å². The molecule has 0 aliphatic heterocycles. The molecule has 2 rings (SSSR count). The van der Waals surface area contributed by atoms with Crippen molar-refractivity contribution in [3.8, 4) is 5.75 Å². The van der Waals surface area contributed by atoms with Gasteiger partial charge in [0.2, 0.25) is 0 Å². The van der Waals surface area contributed by atoms with Crippen LogP contribution in [-0.2, 0) is 0 Å². The van der Waals surface area contributed by atoms with Gasteiger partial charge in [-0.2, -0.15) is 0 Å². The van der Waals surface area contributed by atoms with Gasteiger partial charge in [-0.05, 0) is 24.6 Å². The zero-order chi connectivity index (χ0) is 14.7. The fourth-order valence-electron chi connectivity index (χ4n) is 2.81. The van der Waals surface area contributed by atoms with E-state index in [2.05, 4.69) is 39.1 Å². The van der Waals surface area contributed by atoms with Gasteiger partial charge in [0, 0.05) is 23.0 Å². The van der Waals surface area contributed by atoms with Gasteiger partial charge < -0.3 is 10.4 Å². The summed E-state index contributed by atoms with van der Waals surface area (Å²) >= 11 is 0. The van der Waals surface area contributed by atoms with Gasteiger partial charge in [-0.3, -0.25) is 0 Å². The molecule has 0 heterocycles. The number of benzene rings is 2. The maximum absolute atomic E-state index is 10.5. The molecule has 0 aliphatic rings. The van der Waals surface area contributed by atoms with E-state index < -0.39 is 0 Å². The Morgan fingerprint density at radius 3 is 2.40 bits per heavy atom. The summed E-state index contributed by atoms with van der Waals surface area (Å²) in [7, 11) is 0. The quantitative estimate of drug-likeness (QED) is 0.831. The van der Waals surface area contributed by atoms with E-state index in [1.165, 1.54) is 0 Å². The predicted octanol–water partition coefficient (Wildman–Crippen LogP) is 4.63. The Kier molecular flexibility index (Phi) is 4.66. The summed E-state index contributed by atoms with van der Waals surface area (Å²) < 4.78 is 0. The molecule has 2 aromatic rings. The lowest BCUT2D eigenvalue weighted by Crippen LogP contribution is -2.35. The Morgan fingerprint density at radius 1 is 1.05 bits per heavy atom. The number of phenolic OH excluding ortho intramolecular Hbond substituents is 1. The van der Waals surface area contributed by atoms with E-state index in [0.717, 1.165) is 22.8 Å². The Labute approximate surface area is 121 Å². The summed E-state index contributed by atoms with van der Waals surface area (Å²) in [4.78, 5) is 0. The first kappa shape index (κ1) is 14.9. The normalized spacial score (nSPS) is 14.7. The highest BCUT2D eigenvalue weighted by molar-refractivity contribution is 5.89. The van der Waals surface area contributed by atoms with E-state index in [-0.39, 0.29) is 6.04 Å². The molecule has 108 valence electrons. The lowest BCUT2D eigenvalue weighted by molar-refractivity contribution is 0.350. The van der Waals surface area contributed by atoms with Gasteiger partial charge in [0.05, 0.1) is 0 Å². The third-order valence-electron chi connectivity index (χ3n) is 4.11. The minimum atomic E-state index is 0.145. The van der Waals surface area contributed by atoms with Crippen molar-refractivity contribution in [3.05, 3.63) is 42.0 Å². The molecule has 0 fully saturated rings. The van der Waals surface area contributed by atoms with Crippen LogP contribution in [0.1, 0.15) is 45.7 Å². The molecule has 0 aromatic heterocycles. The summed E-state index contributed by atoms with van der Waals surface area (Å²) in [6, 6.07) is 12.7. The van der Waals surface area contributed by atoms with Crippen LogP contribution in [0.2, 0.25) is 0 Å². The van der Waals surface area contributed by atoms with E-state index in [1.54, 1.807) is 0 Å². The largest absolute Gasteiger partial charge is 0.507 e. The van der Waals surface area contributed by atoms with Crippen LogP contribution in [0.25, 0.3) is 10.8 Å². The third kappa shape index (κ3) is 2.96. The van der Waals surface area contributed by atoms with Crippen LogP contribution in [0.5, 0.6) is 5.75 Å². The number of phenols is 1. The average Bonchev–Trinajstić information content (AvgIpc) is 2.44. The first-order valence-electron chi connectivity index (χ1n) is 7.51. The lowest BCUT2D eigenvalue weighted by Gasteiger charge is -2.26. The Bertz CT molecular complexity index is 577. The Hall–Kier alpha value is -1.54. The smallest absolute Gasteiger partial charge is 0.128 e. The summed E-state index contributed by atoms with van der Waals surface area (Å²) in [5.74, 6) is 0.992. The molecular weight excluding hydrogens is 246 g/mol. The van der Waals surface area contributed by atoms with Crippen molar-refractivity contribution in [3.63, 3.8) is 0 Å². The Morgan fingerprint density at radius 2 is 1.75 bits per heavy atom. The van der Waals surface area contributed by atoms with Crippen molar-refractivity contribution < 1.29 is 5.11 Å². The van der Waals surface area contributed by atoms with Crippen LogP contribution in [0.15, 0.2) is 36.4 Å². The summed E-state index contributed by atoms with van der Waals surface area (Å²) in [5, 5.41) is 16.1. The van der Waals surface area contributed by atoms with Gasteiger partial charge in [-0.25, -0.2) is 0 Å². The molecular formula is C18H25NO. The highest BCUT2D eigenvalue weighted by Crippen LogP contribution is 2.32. The van der Waals surface area contributed by atoms with Crippen molar-refractivity contribution >= 4 is 10.8 Å². The van der Waals surface area contributed by atoms with Gasteiger partial charge in [0.1, 0.15) is 5.75 Å². The zero-order valence-electron chi connectivity index (χ0n) is 12.9. The molecule has 0 saturated heterocycles. The molecule has 0 spiro atoms.